The van der Waals surface area contributed by atoms with Gasteiger partial charge in [0.05, 0.1) is 6.54 Å². The summed E-state index contributed by atoms with van der Waals surface area (Å²) in [4.78, 5) is 22.0. The molecule has 1 N–H and O–H groups in total. The van der Waals surface area contributed by atoms with E-state index in [4.69, 9.17) is 0 Å². The molecule has 6 nitrogen and oxygen atoms in total. The normalized spacial score (nSPS) is 13.6. The standard InChI is InChI=1S/C7H5N3.C3H5NO2/c1-2-6-7(9-3-1)10-5-4-8-6;5-3-4-1-2-6-3/h1-5H;1-2H2,(H,4,5). The highest BCUT2D eigenvalue weighted by atomic mass is 16.6. The summed E-state index contributed by atoms with van der Waals surface area (Å²) in [7, 11) is 0. The van der Waals surface area contributed by atoms with E-state index in [2.05, 4.69) is 25.0 Å². The summed E-state index contributed by atoms with van der Waals surface area (Å²) < 4.78 is 4.40. The van der Waals surface area contributed by atoms with Crippen LogP contribution >= 0.6 is 0 Å². The Morgan fingerprint density at radius 1 is 1.19 bits per heavy atom. The molecule has 0 bridgehead atoms. The smallest absolute Gasteiger partial charge is 0.407 e. The highest BCUT2D eigenvalue weighted by molar-refractivity contribution is 5.68. The lowest BCUT2D eigenvalue weighted by Gasteiger charge is -1.89. The molecule has 1 amide bonds. The van der Waals surface area contributed by atoms with Gasteiger partial charge in [0.25, 0.3) is 0 Å². The number of cyclic esters (lactones) is 1. The molecule has 3 rings (SSSR count). The zero-order valence-corrected chi connectivity index (χ0v) is 8.46. The van der Waals surface area contributed by atoms with Crippen molar-refractivity contribution in [3.63, 3.8) is 0 Å². The van der Waals surface area contributed by atoms with E-state index < -0.39 is 0 Å². The first-order valence-electron chi connectivity index (χ1n) is 4.78. The number of carbonyl (C=O) groups is 1. The molecular formula is C10H10N4O2. The van der Waals surface area contributed by atoms with Crippen LogP contribution < -0.4 is 5.32 Å². The summed E-state index contributed by atoms with van der Waals surface area (Å²) in [5, 5.41) is 2.46. The maximum Gasteiger partial charge on any atom is 0.407 e. The van der Waals surface area contributed by atoms with Gasteiger partial charge in [0.2, 0.25) is 0 Å². The second-order valence-corrected chi connectivity index (χ2v) is 2.97. The van der Waals surface area contributed by atoms with Crippen LogP contribution in [-0.4, -0.2) is 34.2 Å². The number of amides is 1. The number of aromatic nitrogens is 3. The Labute approximate surface area is 91.7 Å². The maximum absolute atomic E-state index is 9.91. The molecule has 0 radical (unpaired) electrons. The molecule has 0 aliphatic carbocycles. The number of ether oxygens (including phenoxy) is 1. The van der Waals surface area contributed by atoms with Crippen LogP contribution in [-0.2, 0) is 4.74 Å². The monoisotopic (exact) mass is 218 g/mol. The molecule has 1 fully saturated rings. The van der Waals surface area contributed by atoms with E-state index in [1.165, 1.54) is 0 Å². The van der Waals surface area contributed by atoms with Crippen molar-refractivity contribution in [3.8, 4) is 0 Å². The number of alkyl carbamates (subject to hydrolysis) is 1. The number of hydrogen-bond acceptors (Lipinski definition) is 5. The van der Waals surface area contributed by atoms with E-state index >= 15 is 0 Å². The number of carbonyl (C=O) groups excluding carboxylic acids is 1. The summed E-state index contributed by atoms with van der Waals surface area (Å²) in [6.07, 6.45) is 4.70. The fraction of sp³-hybridized carbons (Fsp3) is 0.200. The molecule has 2 aromatic heterocycles. The number of nitrogens with one attached hydrogen (secondary N) is 1. The van der Waals surface area contributed by atoms with Crippen LogP contribution in [0.5, 0.6) is 0 Å². The van der Waals surface area contributed by atoms with E-state index in [1.807, 2.05) is 12.1 Å². The Hall–Kier alpha value is -2.24. The quantitative estimate of drug-likeness (QED) is 0.706. The van der Waals surface area contributed by atoms with Gasteiger partial charge in [0, 0.05) is 18.6 Å². The third-order valence-corrected chi connectivity index (χ3v) is 1.85. The maximum atomic E-state index is 9.91. The Morgan fingerprint density at radius 2 is 2.00 bits per heavy atom. The van der Waals surface area contributed by atoms with Gasteiger partial charge in [-0.3, -0.25) is 4.98 Å². The van der Waals surface area contributed by atoms with Gasteiger partial charge in [-0.15, -0.1) is 0 Å². The molecule has 0 spiro atoms. The van der Waals surface area contributed by atoms with Crippen LogP contribution in [0.1, 0.15) is 0 Å². The minimum Gasteiger partial charge on any atom is -0.448 e. The fourth-order valence-corrected chi connectivity index (χ4v) is 1.15. The zero-order chi connectivity index (χ0) is 11.2. The predicted octanol–water partition coefficient (Wildman–Crippen LogP) is 0.751. The molecule has 82 valence electrons. The van der Waals surface area contributed by atoms with Gasteiger partial charge in [-0.05, 0) is 12.1 Å². The Balaban J connectivity index is 0.000000138. The molecule has 0 saturated carbocycles. The Bertz CT molecular complexity index is 415. The van der Waals surface area contributed by atoms with Gasteiger partial charge in [0.15, 0.2) is 5.65 Å². The number of pyridine rings is 1. The highest BCUT2D eigenvalue weighted by Crippen LogP contribution is 2.00. The van der Waals surface area contributed by atoms with Crippen LogP contribution in [0.4, 0.5) is 4.79 Å². The largest absolute Gasteiger partial charge is 0.448 e. The lowest BCUT2D eigenvalue weighted by Crippen LogP contribution is -2.11. The van der Waals surface area contributed by atoms with Gasteiger partial charge >= 0.3 is 6.09 Å². The number of hydrogen-bond donors (Lipinski definition) is 1. The summed E-state index contributed by atoms with van der Waals surface area (Å²) in [5.74, 6) is 0. The van der Waals surface area contributed by atoms with Crippen molar-refractivity contribution in [1.82, 2.24) is 20.3 Å². The van der Waals surface area contributed by atoms with Crippen molar-refractivity contribution in [2.24, 2.45) is 0 Å². The first-order chi connectivity index (χ1) is 7.86. The van der Waals surface area contributed by atoms with E-state index in [-0.39, 0.29) is 6.09 Å². The van der Waals surface area contributed by atoms with Crippen LogP contribution in [0.15, 0.2) is 30.7 Å². The second kappa shape index (κ2) is 5.01. The lowest BCUT2D eigenvalue weighted by molar-refractivity contribution is 0.178. The number of rotatable bonds is 0. The average molecular weight is 218 g/mol. The molecule has 0 aromatic carbocycles. The molecular weight excluding hydrogens is 208 g/mol. The van der Waals surface area contributed by atoms with Crippen molar-refractivity contribution in [2.75, 3.05) is 13.2 Å². The lowest BCUT2D eigenvalue weighted by atomic mass is 10.4. The Kier molecular flexibility index (Phi) is 3.22. The van der Waals surface area contributed by atoms with Crippen LogP contribution in [0.3, 0.4) is 0 Å². The summed E-state index contributed by atoms with van der Waals surface area (Å²) >= 11 is 0. The molecule has 0 atom stereocenters. The first-order valence-corrected chi connectivity index (χ1v) is 4.78. The van der Waals surface area contributed by atoms with Crippen molar-refractivity contribution < 1.29 is 9.53 Å². The Morgan fingerprint density at radius 3 is 2.62 bits per heavy atom. The third-order valence-electron chi connectivity index (χ3n) is 1.85. The average Bonchev–Trinajstić information content (AvgIpc) is 2.81. The van der Waals surface area contributed by atoms with E-state index in [1.54, 1.807) is 18.6 Å². The van der Waals surface area contributed by atoms with E-state index in [0.717, 1.165) is 5.52 Å². The molecule has 1 aliphatic heterocycles. The molecule has 1 saturated heterocycles. The SMILES string of the molecule is O=C1NCCO1.c1cnc2nccnc2c1. The minimum atomic E-state index is -0.296. The molecule has 16 heavy (non-hydrogen) atoms. The topological polar surface area (TPSA) is 77.0 Å². The molecule has 0 unspecified atom stereocenters. The molecule has 2 aromatic rings. The van der Waals surface area contributed by atoms with E-state index in [9.17, 15) is 4.79 Å². The van der Waals surface area contributed by atoms with Crippen LogP contribution in [0.2, 0.25) is 0 Å². The van der Waals surface area contributed by atoms with Crippen LogP contribution in [0, 0.1) is 0 Å². The fourth-order valence-electron chi connectivity index (χ4n) is 1.15. The molecule has 6 heteroatoms. The van der Waals surface area contributed by atoms with Crippen molar-refractivity contribution >= 4 is 17.3 Å². The zero-order valence-electron chi connectivity index (χ0n) is 8.46. The second-order valence-electron chi connectivity index (χ2n) is 2.97. The third kappa shape index (κ3) is 2.63. The van der Waals surface area contributed by atoms with Crippen molar-refractivity contribution in [1.29, 1.82) is 0 Å². The minimum absolute atomic E-state index is 0.296. The van der Waals surface area contributed by atoms with Crippen LogP contribution in [0.25, 0.3) is 11.2 Å². The molecule has 1 aliphatic rings. The molecule has 3 heterocycles. The van der Waals surface area contributed by atoms with E-state index in [0.29, 0.717) is 18.8 Å². The first kappa shape index (κ1) is 10.3. The summed E-state index contributed by atoms with van der Waals surface area (Å²) in [5.41, 5.74) is 1.54. The number of fused-ring (bicyclic) bond motifs is 1. The van der Waals surface area contributed by atoms with Crippen molar-refractivity contribution in [2.45, 2.75) is 0 Å². The number of nitrogens with zero attached hydrogens (tertiary/aromatic N) is 3. The van der Waals surface area contributed by atoms with Crippen molar-refractivity contribution in [3.05, 3.63) is 30.7 Å². The van der Waals surface area contributed by atoms with Gasteiger partial charge in [-0.2, -0.15) is 0 Å². The van der Waals surface area contributed by atoms with Gasteiger partial charge in [0.1, 0.15) is 12.1 Å². The predicted molar refractivity (Wildman–Crippen MR) is 56.7 cm³/mol. The van der Waals surface area contributed by atoms with Gasteiger partial charge < -0.3 is 10.1 Å². The summed E-state index contributed by atoms with van der Waals surface area (Å²) in [6.45, 7) is 1.19. The summed E-state index contributed by atoms with van der Waals surface area (Å²) in [6, 6.07) is 3.73. The highest BCUT2D eigenvalue weighted by Gasteiger charge is 2.06. The van der Waals surface area contributed by atoms with Gasteiger partial charge in [-0.1, -0.05) is 0 Å². The van der Waals surface area contributed by atoms with Gasteiger partial charge in [-0.25, -0.2) is 14.8 Å².